The third kappa shape index (κ3) is 4.52. The van der Waals surface area contributed by atoms with Crippen molar-refractivity contribution in [2.24, 2.45) is 0 Å². The third-order valence-electron chi connectivity index (χ3n) is 12.8. The molecule has 4 heteroatoms. The van der Waals surface area contributed by atoms with Crippen LogP contribution in [-0.2, 0) is 5.41 Å². The lowest BCUT2D eigenvalue weighted by Gasteiger charge is -2.27. The SMILES string of the molecule is CC1(C)c2ccc(N(c3ccccc3)c3ccc4oc5ccccc5c4c3)cc2-c2c1c1ccccc1c1c2oc2cccc(-c3cccc4c3sc3ccccc34)c21. The molecule has 0 saturated carbocycles. The molecule has 13 rings (SSSR count). The van der Waals surface area contributed by atoms with Crippen LogP contribution in [0.25, 0.3) is 97.1 Å². The molecule has 278 valence electrons. The lowest BCUT2D eigenvalue weighted by molar-refractivity contribution is 0.658. The molecule has 3 aromatic heterocycles. The summed E-state index contributed by atoms with van der Waals surface area (Å²) in [4.78, 5) is 2.37. The number of nitrogens with zero attached hydrogens (tertiary/aromatic N) is 1. The van der Waals surface area contributed by atoms with Gasteiger partial charge in [-0.1, -0.05) is 129 Å². The van der Waals surface area contributed by atoms with Crippen LogP contribution in [0.3, 0.4) is 0 Å². The van der Waals surface area contributed by atoms with E-state index >= 15 is 0 Å². The number of benzene rings is 9. The predicted octanol–water partition coefficient (Wildman–Crippen LogP) is 16.4. The second-order valence-corrected chi connectivity index (χ2v) is 17.4. The molecule has 59 heavy (non-hydrogen) atoms. The molecule has 0 N–H and O–H groups in total. The minimum Gasteiger partial charge on any atom is -0.456 e. The normalized spacial score (nSPS) is 13.4. The van der Waals surface area contributed by atoms with Gasteiger partial charge in [0.25, 0.3) is 0 Å². The summed E-state index contributed by atoms with van der Waals surface area (Å²) in [6, 6.07) is 63.6. The van der Waals surface area contributed by atoms with Crippen molar-refractivity contribution in [3.8, 4) is 22.3 Å². The number of rotatable bonds is 4. The fraction of sp³-hybridized carbons (Fsp3) is 0.0545. The van der Waals surface area contributed by atoms with Crippen LogP contribution < -0.4 is 4.90 Å². The molecule has 0 atom stereocenters. The Hall–Kier alpha value is -7.14. The number of para-hydroxylation sites is 2. The van der Waals surface area contributed by atoms with Crippen LogP contribution in [0.2, 0.25) is 0 Å². The van der Waals surface area contributed by atoms with E-state index in [0.717, 1.165) is 50.2 Å². The zero-order valence-electron chi connectivity index (χ0n) is 32.4. The van der Waals surface area contributed by atoms with Gasteiger partial charge in [0.1, 0.15) is 22.3 Å². The van der Waals surface area contributed by atoms with Gasteiger partial charge >= 0.3 is 0 Å². The van der Waals surface area contributed by atoms with Gasteiger partial charge in [-0.15, -0.1) is 11.3 Å². The smallest absolute Gasteiger partial charge is 0.144 e. The molecule has 9 aromatic carbocycles. The number of hydrogen-bond donors (Lipinski definition) is 0. The van der Waals surface area contributed by atoms with E-state index in [1.807, 2.05) is 23.5 Å². The Balaban J connectivity index is 1.09. The van der Waals surface area contributed by atoms with Crippen molar-refractivity contribution in [1.29, 1.82) is 0 Å². The van der Waals surface area contributed by atoms with Gasteiger partial charge in [-0.25, -0.2) is 0 Å². The molecule has 1 aliphatic carbocycles. The molecule has 0 bridgehead atoms. The first kappa shape index (κ1) is 32.9. The second-order valence-electron chi connectivity index (χ2n) is 16.4. The Bertz CT molecular complexity index is 3720. The zero-order valence-corrected chi connectivity index (χ0v) is 33.2. The van der Waals surface area contributed by atoms with E-state index in [0.29, 0.717) is 0 Å². The Kier molecular flexibility index (Phi) is 6.66. The van der Waals surface area contributed by atoms with Crippen LogP contribution in [0.5, 0.6) is 0 Å². The molecule has 1 aliphatic rings. The van der Waals surface area contributed by atoms with Gasteiger partial charge < -0.3 is 13.7 Å². The molecule has 3 nitrogen and oxygen atoms in total. The van der Waals surface area contributed by atoms with Gasteiger partial charge in [0, 0.05) is 75.3 Å². The molecule has 3 heterocycles. The van der Waals surface area contributed by atoms with E-state index in [-0.39, 0.29) is 5.41 Å². The third-order valence-corrected chi connectivity index (χ3v) is 14.0. The standard InChI is InChI=1S/C55H35NO2S/c1-55(2)44-28-26-33(56(32-14-4-3-5-15-32)34-27-29-46-42(30-34)35-16-8-10-23-45(35)57-46)31-43(44)51-52(55)39-19-7-6-18-37(39)50-49-38(20-13-24-47(49)58-53(50)51)41-22-12-21-40-36-17-9-11-25-48(36)59-54(40)41/h3-31H,1-2H3. The summed E-state index contributed by atoms with van der Waals surface area (Å²) < 4.78 is 16.1. The summed E-state index contributed by atoms with van der Waals surface area (Å²) in [5, 5.41) is 9.66. The summed E-state index contributed by atoms with van der Waals surface area (Å²) >= 11 is 1.88. The summed E-state index contributed by atoms with van der Waals surface area (Å²) in [7, 11) is 0. The number of anilines is 3. The van der Waals surface area contributed by atoms with Crippen molar-refractivity contribution in [1.82, 2.24) is 0 Å². The monoisotopic (exact) mass is 773 g/mol. The molecule has 0 spiro atoms. The molecule has 0 amide bonds. The average molecular weight is 774 g/mol. The maximum absolute atomic E-state index is 7.22. The maximum Gasteiger partial charge on any atom is 0.144 e. The quantitative estimate of drug-likeness (QED) is 0.178. The highest BCUT2D eigenvalue weighted by molar-refractivity contribution is 7.26. The zero-order chi connectivity index (χ0) is 39.0. The van der Waals surface area contributed by atoms with Crippen LogP contribution in [0, 0.1) is 0 Å². The van der Waals surface area contributed by atoms with E-state index in [1.54, 1.807) is 0 Å². The minimum atomic E-state index is -0.270. The molecule has 0 fully saturated rings. The van der Waals surface area contributed by atoms with Crippen LogP contribution in [0.15, 0.2) is 185 Å². The number of fused-ring (bicyclic) bond motifs is 16. The largest absolute Gasteiger partial charge is 0.456 e. The van der Waals surface area contributed by atoms with Crippen molar-refractivity contribution >= 4 is 103 Å². The molecule has 0 aliphatic heterocycles. The first-order valence-electron chi connectivity index (χ1n) is 20.3. The van der Waals surface area contributed by atoms with Crippen molar-refractivity contribution in [3.05, 3.63) is 187 Å². The summed E-state index contributed by atoms with van der Waals surface area (Å²) in [5.74, 6) is 0. The highest BCUT2D eigenvalue weighted by atomic mass is 32.1. The number of thiophene rings is 1. The molecule has 0 saturated heterocycles. The lowest BCUT2D eigenvalue weighted by atomic mass is 9.79. The fourth-order valence-corrected chi connectivity index (χ4v) is 11.5. The van der Waals surface area contributed by atoms with Gasteiger partial charge in [-0.3, -0.25) is 0 Å². The topological polar surface area (TPSA) is 29.5 Å². The van der Waals surface area contributed by atoms with Crippen molar-refractivity contribution in [2.45, 2.75) is 19.3 Å². The molecular weight excluding hydrogens is 739 g/mol. The van der Waals surface area contributed by atoms with Crippen LogP contribution >= 0.6 is 11.3 Å². The first-order chi connectivity index (χ1) is 29.0. The van der Waals surface area contributed by atoms with Crippen molar-refractivity contribution in [3.63, 3.8) is 0 Å². The van der Waals surface area contributed by atoms with E-state index < -0.39 is 0 Å². The van der Waals surface area contributed by atoms with E-state index in [4.69, 9.17) is 8.83 Å². The van der Waals surface area contributed by atoms with Crippen molar-refractivity contribution in [2.75, 3.05) is 4.90 Å². The Morgan fingerprint density at radius 3 is 1.98 bits per heavy atom. The molecule has 12 aromatic rings. The number of hydrogen-bond acceptors (Lipinski definition) is 4. The number of furan rings is 2. The molecular formula is C55H35NO2S. The Labute approximate surface area is 344 Å². The van der Waals surface area contributed by atoms with Crippen LogP contribution in [-0.4, -0.2) is 0 Å². The molecule has 0 unspecified atom stereocenters. The summed E-state index contributed by atoms with van der Waals surface area (Å²) in [6.07, 6.45) is 0. The Morgan fingerprint density at radius 1 is 0.441 bits per heavy atom. The maximum atomic E-state index is 7.22. The van der Waals surface area contributed by atoms with Gasteiger partial charge in [-0.2, -0.15) is 0 Å². The average Bonchev–Trinajstić information content (AvgIpc) is 4.02. The fourth-order valence-electron chi connectivity index (χ4n) is 10.3. The van der Waals surface area contributed by atoms with Gasteiger partial charge in [0.15, 0.2) is 0 Å². The van der Waals surface area contributed by atoms with E-state index in [9.17, 15) is 0 Å². The first-order valence-corrected chi connectivity index (χ1v) is 21.1. The Morgan fingerprint density at radius 2 is 1.10 bits per heavy atom. The predicted molar refractivity (Wildman–Crippen MR) is 249 cm³/mol. The van der Waals surface area contributed by atoms with Gasteiger partial charge in [0.2, 0.25) is 0 Å². The van der Waals surface area contributed by atoms with Crippen LogP contribution in [0.1, 0.15) is 25.0 Å². The minimum absolute atomic E-state index is 0.270. The van der Waals surface area contributed by atoms with Gasteiger partial charge in [-0.05, 0) is 93.7 Å². The lowest BCUT2D eigenvalue weighted by Crippen LogP contribution is -2.16. The second kappa shape index (κ2) is 12.0. The van der Waals surface area contributed by atoms with Gasteiger partial charge in [0.05, 0.1) is 0 Å². The van der Waals surface area contributed by atoms with E-state index in [2.05, 4.69) is 183 Å². The highest BCUT2D eigenvalue weighted by Crippen LogP contribution is 2.58. The summed E-state index contributed by atoms with van der Waals surface area (Å²) in [6.45, 7) is 4.75. The molecule has 0 radical (unpaired) electrons. The van der Waals surface area contributed by atoms with E-state index in [1.165, 1.54) is 75.1 Å². The highest BCUT2D eigenvalue weighted by Gasteiger charge is 2.40. The summed E-state index contributed by atoms with van der Waals surface area (Å²) in [5.41, 5.74) is 14.1. The van der Waals surface area contributed by atoms with Crippen molar-refractivity contribution < 1.29 is 8.83 Å². The van der Waals surface area contributed by atoms with Crippen LogP contribution in [0.4, 0.5) is 17.1 Å².